The molecule has 0 bridgehead atoms. The highest BCUT2D eigenvalue weighted by Gasteiger charge is 2.69. The Morgan fingerprint density at radius 2 is 1.85 bits per heavy atom. The second kappa shape index (κ2) is 6.63. The van der Waals surface area contributed by atoms with Crippen LogP contribution in [0.3, 0.4) is 0 Å². The summed E-state index contributed by atoms with van der Waals surface area (Å²) in [5.74, 6) is -2.03. The number of ether oxygens (including phenoxy) is 1. The topological polar surface area (TPSA) is 87.7 Å². The Bertz CT molecular complexity index is 779. The quantitative estimate of drug-likeness (QED) is 0.605. The van der Waals surface area contributed by atoms with Gasteiger partial charge < -0.3 is 4.74 Å². The van der Waals surface area contributed by atoms with Crippen LogP contribution in [-0.4, -0.2) is 36.5 Å². The van der Waals surface area contributed by atoms with Crippen molar-refractivity contribution in [1.29, 1.82) is 0 Å². The van der Waals surface area contributed by atoms with Crippen molar-refractivity contribution in [1.82, 2.24) is 10.6 Å². The molecule has 0 aromatic heterocycles. The Kier molecular flexibility index (Phi) is 4.99. The average molecular weight is 399 g/mol. The van der Waals surface area contributed by atoms with E-state index in [0.717, 1.165) is 12.1 Å². The van der Waals surface area contributed by atoms with E-state index in [2.05, 4.69) is 4.74 Å². The second-order valence-electron chi connectivity index (χ2n) is 5.21. The number of carbonyl (C=O) groups excluding carboxylic acids is 3. The standard InChI is InChI=1S/C14H11F6N3O4/c1-2-27-11(26)22-12(14(18,19)20)9(24)23(10(25)21-12)8-5-3-4-7(6-8)13(15,16)17/h3-6H,2H2,1H3,(H,21,25)(H,22,26)/t12-/m1/s1. The Hall–Kier alpha value is -2.99. The summed E-state index contributed by atoms with van der Waals surface area (Å²) in [7, 11) is 0. The summed E-state index contributed by atoms with van der Waals surface area (Å²) in [4.78, 5) is 35.6. The molecule has 7 nitrogen and oxygen atoms in total. The minimum absolute atomic E-state index is 0.144. The number of carbonyl (C=O) groups is 3. The second-order valence-corrected chi connectivity index (χ2v) is 5.21. The summed E-state index contributed by atoms with van der Waals surface area (Å²) >= 11 is 0. The molecular formula is C14H11F6N3O4. The maximum Gasteiger partial charge on any atom is 0.440 e. The molecule has 0 spiro atoms. The zero-order valence-electron chi connectivity index (χ0n) is 13.4. The third kappa shape index (κ3) is 3.61. The molecule has 27 heavy (non-hydrogen) atoms. The van der Waals surface area contributed by atoms with Gasteiger partial charge in [-0.25, -0.2) is 14.5 Å². The van der Waals surface area contributed by atoms with Crippen molar-refractivity contribution < 1.29 is 45.5 Å². The molecule has 1 saturated heterocycles. The number of anilines is 1. The largest absolute Gasteiger partial charge is 0.450 e. The fourth-order valence-electron chi connectivity index (χ4n) is 2.25. The van der Waals surface area contributed by atoms with Crippen LogP contribution in [0.1, 0.15) is 12.5 Å². The summed E-state index contributed by atoms with van der Waals surface area (Å²) in [5, 5.41) is 2.50. The number of hydrogen-bond acceptors (Lipinski definition) is 4. The van der Waals surface area contributed by atoms with E-state index >= 15 is 0 Å². The number of rotatable bonds is 3. The van der Waals surface area contributed by atoms with E-state index in [0.29, 0.717) is 12.1 Å². The lowest BCUT2D eigenvalue weighted by atomic mass is 10.1. The van der Waals surface area contributed by atoms with E-state index in [1.165, 1.54) is 17.6 Å². The third-order valence-electron chi connectivity index (χ3n) is 3.44. The van der Waals surface area contributed by atoms with Gasteiger partial charge in [-0.05, 0) is 25.1 Å². The monoisotopic (exact) mass is 399 g/mol. The Balaban J connectivity index is 2.49. The van der Waals surface area contributed by atoms with Crippen LogP contribution in [0.15, 0.2) is 24.3 Å². The summed E-state index contributed by atoms with van der Waals surface area (Å²) in [6.45, 7) is 0.948. The first-order valence-corrected chi connectivity index (χ1v) is 7.19. The molecule has 148 valence electrons. The lowest BCUT2D eigenvalue weighted by Gasteiger charge is -2.29. The van der Waals surface area contributed by atoms with Gasteiger partial charge in [0.15, 0.2) is 0 Å². The van der Waals surface area contributed by atoms with Crippen molar-refractivity contribution in [2.75, 3.05) is 11.5 Å². The minimum Gasteiger partial charge on any atom is -0.450 e. The van der Waals surface area contributed by atoms with Gasteiger partial charge in [0.25, 0.3) is 11.6 Å². The number of alkyl carbamates (subject to hydrolysis) is 1. The molecule has 4 amide bonds. The lowest BCUT2D eigenvalue weighted by Crippen LogP contribution is -2.69. The predicted octanol–water partition coefficient (Wildman–Crippen LogP) is 2.77. The zero-order chi connectivity index (χ0) is 20.6. The van der Waals surface area contributed by atoms with Crippen molar-refractivity contribution in [3.8, 4) is 0 Å². The van der Waals surface area contributed by atoms with Crippen molar-refractivity contribution in [3.63, 3.8) is 0 Å². The van der Waals surface area contributed by atoms with E-state index in [1.807, 2.05) is 0 Å². The lowest BCUT2D eigenvalue weighted by molar-refractivity contribution is -0.197. The molecular weight excluding hydrogens is 388 g/mol. The number of imide groups is 1. The van der Waals surface area contributed by atoms with Crippen LogP contribution in [0, 0.1) is 0 Å². The number of hydrogen-bond donors (Lipinski definition) is 2. The molecule has 1 atom stereocenters. The van der Waals surface area contributed by atoms with Gasteiger partial charge in [-0.15, -0.1) is 0 Å². The van der Waals surface area contributed by atoms with Gasteiger partial charge in [0.05, 0.1) is 17.9 Å². The summed E-state index contributed by atoms with van der Waals surface area (Å²) < 4.78 is 83.1. The number of nitrogens with one attached hydrogen (secondary N) is 2. The third-order valence-corrected chi connectivity index (χ3v) is 3.44. The van der Waals surface area contributed by atoms with Gasteiger partial charge in [0.2, 0.25) is 0 Å². The van der Waals surface area contributed by atoms with Gasteiger partial charge in [0.1, 0.15) is 0 Å². The molecule has 1 aromatic carbocycles. The molecule has 0 aliphatic carbocycles. The maximum atomic E-state index is 13.5. The molecule has 0 saturated carbocycles. The zero-order valence-corrected chi connectivity index (χ0v) is 13.4. The molecule has 1 heterocycles. The highest BCUT2D eigenvalue weighted by molar-refractivity contribution is 6.24. The molecule has 2 N–H and O–H groups in total. The Morgan fingerprint density at radius 3 is 2.37 bits per heavy atom. The number of benzene rings is 1. The molecule has 1 aliphatic rings. The van der Waals surface area contributed by atoms with Gasteiger partial charge in [0, 0.05) is 0 Å². The number of halogens is 6. The van der Waals surface area contributed by atoms with Crippen molar-refractivity contribution in [3.05, 3.63) is 29.8 Å². The predicted molar refractivity (Wildman–Crippen MR) is 76.4 cm³/mol. The van der Waals surface area contributed by atoms with Crippen LogP contribution in [0.25, 0.3) is 0 Å². The maximum absolute atomic E-state index is 13.5. The van der Waals surface area contributed by atoms with Crippen LogP contribution in [0.4, 0.5) is 41.6 Å². The molecule has 2 rings (SSSR count). The SMILES string of the molecule is CCOC(=O)N[C@]1(C(F)(F)F)NC(=O)N(c2cccc(C(F)(F)F)c2)C1=O. The van der Waals surface area contributed by atoms with Crippen LogP contribution in [0.2, 0.25) is 0 Å². The molecule has 0 unspecified atom stereocenters. The average Bonchev–Trinajstić information content (AvgIpc) is 2.78. The van der Waals surface area contributed by atoms with Crippen molar-refractivity contribution in [2.24, 2.45) is 0 Å². The first-order chi connectivity index (χ1) is 12.3. The van der Waals surface area contributed by atoms with E-state index in [4.69, 9.17) is 0 Å². The van der Waals surface area contributed by atoms with E-state index in [9.17, 15) is 40.7 Å². The smallest absolute Gasteiger partial charge is 0.440 e. The van der Waals surface area contributed by atoms with Gasteiger partial charge in [-0.2, -0.15) is 26.3 Å². The fraction of sp³-hybridized carbons (Fsp3) is 0.357. The first-order valence-electron chi connectivity index (χ1n) is 7.19. The van der Waals surface area contributed by atoms with Gasteiger partial charge >= 0.3 is 24.5 Å². The number of nitrogens with zero attached hydrogens (tertiary/aromatic N) is 1. The van der Waals surface area contributed by atoms with Crippen LogP contribution in [0.5, 0.6) is 0 Å². The highest BCUT2D eigenvalue weighted by atomic mass is 19.4. The van der Waals surface area contributed by atoms with E-state index < -0.39 is 47.3 Å². The van der Waals surface area contributed by atoms with Gasteiger partial charge in [-0.3, -0.25) is 15.4 Å². The molecule has 1 aliphatic heterocycles. The Labute approximate surface area is 147 Å². The fourth-order valence-corrected chi connectivity index (χ4v) is 2.25. The van der Waals surface area contributed by atoms with Crippen LogP contribution >= 0.6 is 0 Å². The van der Waals surface area contributed by atoms with E-state index in [1.54, 1.807) is 0 Å². The van der Waals surface area contributed by atoms with Crippen molar-refractivity contribution >= 4 is 23.7 Å². The number of amides is 4. The molecule has 0 radical (unpaired) electrons. The summed E-state index contributed by atoms with van der Waals surface area (Å²) in [5.41, 5.74) is -5.93. The first kappa shape index (κ1) is 20.3. The van der Waals surface area contributed by atoms with Gasteiger partial charge in [-0.1, -0.05) is 6.07 Å². The highest BCUT2D eigenvalue weighted by Crippen LogP contribution is 2.37. The van der Waals surface area contributed by atoms with Crippen LogP contribution in [-0.2, 0) is 15.7 Å². The minimum atomic E-state index is -5.51. The van der Waals surface area contributed by atoms with Crippen LogP contribution < -0.4 is 15.5 Å². The van der Waals surface area contributed by atoms with Crippen molar-refractivity contribution in [2.45, 2.75) is 24.9 Å². The molecule has 1 fully saturated rings. The van der Waals surface area contributed by atoms with E-state index in [-0.39, 0.29) is 11.5 Å². The molecule has 1 aromatic rings. The normalized spacial score (nSPS) is 20.5. The summed E-state index contributed by atoms with van der Waals surface area (Å²) in [6, 6.07) is 0.909. The number of urea groups is 1. The number of alkyl halides is 6. The Morgan fingerprint density at radius 1 is 1.22 bits per heavy atom. The summed E-state index contributed by atoms with van der Waals surface area (Å²) in [6.07, 6.45) is -12.0. The molecule has 13 heteroatoms.